The molecule has 2 heterocycles. The van der Waals surface area contributed by atoms with E-state index in [2.05, 4.69) is 23.3 Å². The Morgan fingerprint density at radius 1 is 1.47 bits per heavy atom. The Hall–Kier alpha value is -0.420. The number of nitrogens with zero attached hydrogens (tertiary/aromatic N) is 1. The van der Waals surface area contributed by atoms with Gasteiger partial charge in [0.05, 0.1) is 9.85 Å². The third-order valence-electron chi connectivity index (χ3n) is 2.47. The molecule has 0 aliphatic rings. The van der Waals surface area contributed by atoms with Crippen LogP contribution < -0.4 is 5.32 Å². The normalized spacial score (nSPS) is 12.8. The maximum absolute atomic E-state index is 5.96. The molecule has 92 valence electrons. The zero-order valence-electron chi connectivity index (χ0n) is 9.65. The number of halogens is 1. The molecule has 0 aliphatic heterocycles. The van der Waals surface area contributed by atoms with Gasteiger partial charge in [0.1, 0.15) is 0 Å². The van der Waals surface area contributed by atoms with Crippen LogP contribution in [0.2, 0.25) is 4.34 Å². The van der Waals surface area contributed by atoms with Crippen molar-refractivity contribution in [3.05, 3.63) is 37.9 Å². The van der Waals surface area contributed by atoms with Gasteiger partial charge in [0.25, 0.3) is 0 Å². The molecule has 0 aliphatic carbocycles. The molecule has 0 radical (unpaired) electrons. The molecule has 1 atom stereocenters. The molecule has 0 spiro atoms. The monoisotopic (exact) mass is 286 g/mol. The van der Waals surface area contributed by atoms with Gasteiger partial charge in [0, 0.05) is 28.4 Å². The van der Waals surface area contributed by atoms with Crippen LogP contribution in [0.5, 0.6) is 0 Å². The van der Waals surface area contributed by atoms with Crippen LogP contribution in [0.25, 0.3) is 0 Å². The summed E-state index contributed by atoms with van der Waals surface area (Å²) in [5.74, 6) is 0. The van der Waals surface area contributed by atoms with Crippen LogP contribution in [-0.2, 0) is 6.42 Å². The highest BCUT2D eigenvalue weighted by Crippen LogP contribution is 2.27. The quantitative estimate of drug-likeness (QED) is 0.863. The first-order valence-electron chi connectivity index (χ1n) is 5.65. The van der Waals surface area contributed by atoms with E-state index in [-0.39, 0.29) is 0 Å². The minimum Gasteiger partial charge on any atom is -0.309 e. The molecule has 5 heteroatoms. The minimum atomic E-state index is 0.358. The fourth-order valence-corrected chi connectivity index (χ4v) is 3.48. The predicted molar refractivity (Wildman–Crippen MR) is 76.2 cm³/mol. The zero-order valence-corrected chi connectivity index (χ0v) is 12.0. The Bertz CT molecular complexity index is 439. The Morgan fingerprint density at radius 3 is 2.94 bits per heavy atom. The van der Waals surface area contributed by atoms with E-state index in [0.717, 1.165) is 23.7 Å². The molecular weight excluding hydrogens is 272 g/mol. The van der Waals surface area contributed by atoms with Gasteiger partial charge >= 0.3 is 0 Å². The van der Waals surface area contributed by atoms with Crippen LogP contribution in [0.1, 0.15) is 29.1 Å². The van der Waals surface area contributed by atoms with E-state index in [1.165, 1.54) is 9.75 Å². The van der Waals surface area contributed by atoms with Crippen molar-refractivity contribution in [2.45, 2.75) is 25.8 Å². The lowest BCUT2D eigenvalue weighted by molar-refractivity contribution is 0.539. The van der Waals surface area contributed by atoms with Gasteiger partial charge in [-0.15, -0.1) is 22.7 Å². The Labute approximate surface area is 115 Å². The highest BCUT2D eigenvalue weighted by Gasteiger charge is 2.14. The van der Waals surface area contributed by atoms with E-state index in [9.17, 15) is 0 Å². The Kier molecular flexibility index (Phi) is 4.98. The van der Waals surface area contributed by atoms with Crippen LogP contribution in [-0.4, -0.2) is 11.5 Å². The summed E-state index contributed by atoms with van der Waals surface area (Å²) in [6, 6.07) is 4.43. The summed E-state index contributed by atoms with van der Waals surface area (Å²) in [5, 5.41) is 3.56. The predicted octanol–water partition coefficient (Wildman–Crippen LogP) is 4.14. The van der Waals surface area contributed by atoms with Crippen LogP contribution >= 0.6 is 34.3 Å². The molecule has 0 saturated carbocycles. The van der Waals surface area contributed by atoms with Crippen molar-refractivity contribution >= 4 is 34.3 Å². The number of thiazole rings is 1. The molecule has 1 N–H and O–H groups in total. The number of thiophene rings is 1. The number of hydrogen-bond donors (Lipinski definition) is 1. The van der Waals surface area contributed by atoms with E-state index in [4.69, 9.17) is 11.6 Å². The van der Waals surface area contributed by atoms with Crippen molar-refractivity contribution in [3.8, 4) is 0 Å². The van der Waals surface area contributed by atoms with Gasteiger partial charge in [0.2, 0.25) is 0 Å². The smallest absolute Gasteiger partial charge is 0.0931 e. The Balaban J connectivity index is 2.05. The van der Waals surface area contributed by atoms with Crippen molar-refractivity contribution in [3.63, 3.8) is 0 Å². The first-order valence-corrected chi connectivity index (χ1v) is 7.73. The van der Waals surface area contributed by atoms with E-state index in [1.54, 1.807) is 22.7 Å². The summed E-state index contributed by atoms with van der Waals surface area (Å²) in [6.07, 6.45) is 4.08. The summed E-state index contributed by atoms with van der Waals surface area (Å²) < 4.78 is 0.860. The van der Waals surface area contributed by atoms with Gasteiger partial charge in [-0.05, 0) is 25.1 Å². The molecule has 2 rings (SSSR count). The van der Waals surface area contributed by atoms with Gasteiger partial charge in [-0.2, -0.15) is 0 Å². The van der Waals surface area contributed by atoms with Crippen molar-refractivity contribution in [2.75, 3.05) is 6.54 Å². The van der Waals surface area contributed by atoms with E-state index < -0.39 is 0 Å². The first kappa shape index (κ1) is 13.0. The second-order valence-electron chi connectivity index (χ2n) is 3.82. The first-order chi connectivity index (χ1) is 8.29. The van der Waals surface area contributed by atoms with Crippen LogP contribution in [0.4, 0.5) is 0 Å². The summed E-state index contributed by atoms with van der Waals surface area (Å²) in [6.45, 7) is 3.21. The highest BCUT2D eigenvalue weighted by molar-refractivity contribution is 7.16. The largest absolute Gasteiger partial charge is 0.309 e. The summed E-state index contributed by atoms with van der Waals surface area (Å²) in [5.41, 5.74) is 1.89. The molecule has 17 heavy (non-hydrogen) atoms. The molecule has 0 fully saturated rings. The number of rotatable bonds is 6. The third-order valence-corrected chi connectivity index (χ3v) is 4.61. The van der Waals surface area contributed by atoms with E-state index in [1.807, 2.05) is 17.8 Å². The van der Waals surface area contributed by atoms with Gasteiger partial charge in [-0.3, -0.25) is 4.98 Å². The van der Waals surface area contributed by atoms with Crippen molar-refractivity contribution in [1.29, 1.82) is 0 Å². The molecule has 1 unspecified atom stereocenters. The molecule has 2 aromatic rings. The van der Waals surface area contributed by atoms with Crippen molar-refractivity contribution in [2.24, 2.45) is 0 Å². The number of aromatic nitrogens is 1. The molecule has 0 amide bonds. The van der Waals surface area contributed by atoms with Gasteiger partial charge < -0.3 is 5.32 Å². The zero-order chi connectivity index (χ0) is 12.1. The summed E-state index contributed by atoms with van der Waals surface area (Å²) >= 11 is 9.32. The maximum Gasteiger partial charge on any atom is 0.0931 e. The highest BCUT2D eigenvalue weighted by atomic mass is 35.5. The summed E-state index contributed by atoms with van der Waals surface area (Å²) in [7, 11) is 0. The van der Waals surface area contributed by atoms with Gasteiger partial charge in [0.15, 0.2) is 0 Å². The average molecular weight is 287 g/mol. The fourth-order valence-electron chi connectivity index (χ4n) is 1.65. The lowest BCUT2D eigenvalue weighted by Gasteiger charge is -2.15. The van der Waals surface area contributed by atoms with E-state index in [0.29, 0.717) is 6.04 Å². The standard InChI is InChI=1S/C12H15ClN2S2/c1-2-5-15-10(11-7-14-8-16-11)6-9-3-4-12(13)17-9/h3-4,7-8,10,15H,2,5-6H2,1H3. The third kappa shape index (κ3) is 3.78. The second-order valence-corrected chi connectivity index (χ2v) is 6.54. The SMILES string of the molecule is CCCNC(Cc1ccc(Cl)s1)c1cncs1. The summed E-state index contributed by atoms with van der Waals surface area (Å²) in [4.78, 5) is 6.76. The van der Waals surface area contributed by atoms with Gasteiger partial charge in [-0.25, -0.2) is 0 Å². The lowest BCUT2D eigenvalue weighted by atomic mass is 10.1. The van der Waals surface area contributed by atoms with E-state index >= 15 is 0 Å². The topological polar surface area (TPSA) is 24.9 Å². The van der Waals surface area contributed by atoms with Crippen LogP contribution in [0.15, 0.2) is 23.8 Å². The fraction of sp³-hybridized carbons (Fsp3) is 0.417. The number of nitrogens with one attached hydrogen (secondary N) is 1. The van der Waals surface area contributed by atoms with Crippen molar-refractivity contribution in [1.82, 2.24) is 10.3 Å². The maximum atomic E-state index is 5.96. The van der Waals surface area contributed by atoms with Crippen LogP contribution in [0.3, 0.4) is 0 Å². The molecule has 0 saturated heterocycles. The lowest BCUT2D eigenvalue weighted by Crippen LogP contribution is -2.23. The molecular formula is C12H15ClN2S2. The van der Waals surface area contributed by atoms with Gasteiger partial charge in [-0.1, -0.05) is 18.5 Å². The number of hydrogen-bond acceptors (Lipinski definition) is 4. The second kappa shape index (κ2) is 6.50. The molecule has 0 aromatic carbocycles. The van der Waals surface area contributed by atoms with Crippen molar-refractivity contribution < 1.29 is 0 Å². The van der Waals surface area contributed by atoms with Crippen LogP contribution in [0, 0.1) is 0 Å². The molecule has 2 aromatic heterocycles. The molecule has 2 nitrogen and oxygen atoms in total. The Morgan fingerprint density at radius 2 is 2.35 bits per heavy atom. The minimum absolute atomic E-state index is 0.358. The molecule has 0 bridgehead atoms. The average Bonchev–Trinajstić information content (AvgIpc) is 2.95.